The first-order chi connectivity index (χ1) is 16.0. The highest BCUT2D eigenvalue weighted by Gasteiger charge is 2.44. The van der Waals surface area contributed by atoms with Crippen LogP contribution in [0.2, 0.25) is 0 Å². The third kappa shape index (κ3) is 4.72. The minimum absolute atomic E-state index is 0.0511. The Morgan fingerprint density at radius 3 is 2.82 bits per heavy atom. The molecule has 0 radical (unpaired) electrons. The Kier molecular flexibility index (Phi) is 6.68. The summed E-state index contributed by atoms with van der Waals surface area (Å²) in [6, 6.07) is 12.0. The number of nitrogens with one attached hydrogen (secondary N) is 2. The second-order valence-electron chi connectivity index (χ2n) is 8.59. The van der Waals surface area contributed by atoms with Gasteiger partial charge < -0.3 is 10.2 Å². The van der Waals surface area contributed by atoms with Crippen LogP contribution >= 0.6 is 0 Å². The van der Waals surface area contributed by atoms with Crippen LogP contribution < -0.4 is 5.32 Å². The molecule has 0 spiro atoms. The van der Waals surface area contributed by atoms with Crippen LogP contribution in [-0.2, 0) is 11.2 Å². The maximum atomic E-state index is 13.5. The standard InChI is InChI=1S/C26H29N5O2/c1-3-12-28-25(33)26(11-7-14-31(18-26)24(32)23-17-29-30-19(23)2)15-20-8-4-5-10-22(20)21-9-6-13-27-16-21/h3-6,8-10,13,16-17H,1,7,11-12,14-15,18H2,2H3,(H,28,33)(H,29,30). The largest absolute Gasteiger partial charge is 0.352 e. The molecule has 1 aliphatic heterocycles. The number of aromatic nitrogens is 3. The van der Waals surface area contributed by atoms with Crippen LogP contribution in [0.3, 0.4) is 0 Å². The molecule has 0 aliphatic carbocycles. The number of likely N-dealkylation sites (tertiary alicyclic amines) is 1. The zero-order valence-corrected chi connectivity index (χ0v) is 18.9. The molecule has 0 bridgehead atoms. The lowest BCUT2D eigenvalue weighted by atomic mass is 9.73. The van der Waals surface area contributed by atoms with Crippen molar-refractivity contribution in [3.8, 4) is 11.1 Å². The van der Waals surface area contributed by atoms with Crippen molar-refractivity contribution in [3.63, 3.8) is 0 Å². The predicted molar refractivity (Wildman–Crippen MR) is 127 cm³/mol. The lowest BCUT2D eigenvalue weighted by Gasteiger charge is -2.42. The molecule has 1 unspecified atom stereocenters. The number of piperidine rings is 1. The summed E-state index contributed by atoms with van der Waals surface area (Å²) in [7, 11) is 0. The van der Waals surface area contributed by atoms with Gasteiger partial charge in [-0.1, -0.05) is 36.4 Å². The van der Waals surface area contributed by atoms with Gasteiger partial charge >= 0.3 is 0 Å². The number of aryl methyl sites for hydroxylation is 1. The minimum atomic E-state index is -0.743. The van der Waals surface area contributed by atoms with Gasteiger partial charge in [-0.15, -0.1) is 6.58 Å². The lowest BCUT2D eigenvalue weighted by molar-refractivity contribution is -0.133. The Hall–Kier alpha value is -3.74. The van der Waals surface area contributed by atoms with E-state index in [0.29, 0.717) is 38.0 Å². The van der Waals surface area contributed by atoms with Crippen LogP contribution in [0.15, 0.2) is 67.6 Å². The number of aromatic amines is 1. The topological polar surface area (TPSA) is 91.0 Å². The van der Waals surface area contributed by atoms with Gasteiger partial charge in [-0.25, -0.2) is 0 Å². The highest BCUT2D eigenvalue weighted by Crippen LogP contribution is 2.37. The molecule has 1 atom stereocenters. The maximum Gasteiger partial charge on any atom is 0.257 e. The second-order valence-corrected chi connectivity index (χ2v) is 8.59. The van der Waals surface area contributed by atoms with Gasteiger partial charge in [-0.05, 0) is 43.4 Å². The number of carbonyl (C=O) groups is 2. The maximum absolute atomic E-state index is 13.5. The molecule has 2 aromatic heterocycles. The van der Waals surface area contributed by atoms with E-state index in [9.17, 15) is 9.59 Å². The molecule has 3 aromatic rings. The Morgan fingerprint density at radius 1 is 1.24 bits per heavy atom. The molecule has 33 heavy (non-hydrogen) atoms. The van der Waals surface area contributed by atoms with Crippen molar-refractivity contribution in [2.24, 2.45) is 5.41 Å². The Labute approximate surface area is 193 Å². The number of carbonyl (C=O) groups excluding carboxylic acids is 2. The van der Waals surface area contributed by atoms with Gasteiger partial charge in [0.15, 0.2) is 0 Å². The van der Waals surface area contributed by atoms with Crippen LogP contribution in [0.5, 0.6) is 0 Å². The quantitative estimate of drug-likeness (QED) is 0.547. The van der Waals surface area contributed by atoms with Crippen LogP contribution in [0.1, 0.15) is 34.5 Å². The van der Waals surface area contributed by atoms with E-state index in [-0.39, 0.29) is 11.8 Å². The number of pyridine rings is 1. The molecule has 170 valence electrons. The van der Waals surface area contributed by atoms with E-state index < -0.39 is 5.41 Å². The summed E-state index contributed by atoms with van der Waals surface area (Å²) in [6.45, 7) is 6.91. The molecular weight excluding hydrogens is 414 g/mol. The number of rotatable bonds is 7. The smallest absolute Gasteiger partial charge is 0.257 e. The number of H-pyrrole nitrogens is 1. The summed E-state index contributed by atoms with van der Waals surface area (Å²) < 4.78 is 0. The molecular formula is C26H29N5O2. The molecule has 4 rings (SSSR count). The summed E-state index contributed by atoms with van der Waals surface area (Å²) in [5.41, 5.74) is 3.66. The molecule has 1 aromatic carbocycles. The van der Waals surface area contributed by atoms with E-state index in [2.05, 4.69) is 39.2 Å². The van der Waals surface area contributed by atoms with Crippen LogP contribution in [0.4, 0.5) is 0 Å². The zero-order valence-electron chi connectivity index (χ0n) is 18.9. The van der Waals surface area contributed by atoms with Crippen molar-refractivity contribution >= 4 is 11.8 Å². The van der Waals surface area contributed by atoms with Crippen LogP contribution in [-0.4, -0.2) is 51.5 Å². The first-order valence-corrected chi connectivity index (χ1v) is 11.2. The van der Waals surface area contributed by atoms with Crippen molar-refractivity contribution in [1.82, 2.24) is 25.4 Å². The van der Waals surface area contributed by atoms with Crippen molar-refractivity contribution < 1.29 is 9.59 Å². The van der Waals surface area contributed by atoms with E-state index in [0.717, 1.165) is 28.8 Å². The van der Waals surface area contributed by atoms with Gasteiger partial charge in [0.2, 0.25) is 5.91 Å². The Balaban J connectivity index is 1.69. The summed E-state index contributed by atoms with van der Waals surface area (Å²) in [5, 5.41) is 9.83. The normalized spacial score (nSPS) is 18.0. The van der Waals surface area contributed by atoms with Gasteiger partial charge in [0, 0.05) is 43.3 Å². The SMILES string of the molecule is C=CCNC(=O)C1(Cc2ccccc2-c2cccnc2)CCCN(C(=O)c2cn[nH]c2C)C1. The van der Waals surface area contributed by atoms with Crippen molar-refractivity contribution in [1.29, 1.82) is 0 Å². The number of benzene rings is 1. The molecule has 1 aliphatic rings. The molecule has 2 amide bonds. The van der Waals surface area contributed by atoms with Crippen molar-refractivity contribution in [3.05, 3.63) is 84.5 Å². The van der Waals surface area contributed by atoms with E-state index in [4.69, 9.17) is 0 Å². The molecule has 2 N–H and O–H groups in total. The third-order valence-electron chi connectivity index (χ3n) is 6.33. The highest BCUT2D eigenvalue weighted by atomic mass is 16.2. The van der Waals surface area contributed by atoms with Gasteiger partial charge in [0.1, 0.15) is 0 Å². The van der Waals surface area contributed by atoms with E-state index in [1.165, 1.54) is 0 Å². The number of nitrogens with zero attached hydrogens (tertiary/aromatic N) is 3. The molecule has 0 saturated carbocycles. The number of hydrogen-bond donors (Lipinski definition) is 2. The monoisotopic (exact) mass is 443 g/mol. The fraction of sp³-hybridized carbons (Fsp3) is 0.308. The Bertz CT molecular complexity index is 1140. The molecule has 3 heterocycles. The van der Waals surface area contributed by atoms with Gasteiger partial charge in [-0.3, -0.25) is 19.7 Å². The molecule has 1 saturated heterocycles. The summed E-state index contributed by atoms with van der Waals surface area (Å²) in [4.78, 5) is 32.8. The first kappa shape index (κ1) is 22.5. The summed E-state index contributed by atoms with van der Waals surface area (Å²) >= 11 is 0. The Morgan fingerprint density at radius 2 is 2.09 bits per heavy atom. The average Bonchev–Trinajstić information content (AvgIpc) is 3.28. The summed E-state index contributed by atoms with van der Waals surface area (Å²) in [6.07, 6.45) is 8.79. The van der Waals surface area contributed by atoms with E-state index in [1.54, 1.807) is 23.4 Å². The van der Waals surface area contributed by atoms with Crippen molar-refractivity contribution in [2.45, 2.75) is 26.2 Å². The second kappa shape index (κ2) is 9.81. The highest BCUT2D eigenvalue weighted by molar-refractivity contribution is 5.96. The third-order valence-corrected chi connectivity index (χ3v) is 6.33. The fourth-order valence-corrected chi connectivity index (χ4v) is 4.65. The minimum Gasteiger partial charge on any atom is -0.352 e. The van der Waals surface area contributed by atoms with Crippen molar-refractivity contribution in [2.75, 3.05) is 19.6 Å². The summed E-state index contributed by atoms with van der Waals surface area (Å²) in [5.74, 6) is -0.146. The molecule has 7 nitrogen and oxygen atoms in total. The number of hydrogen-bond acceptors (Lipinski definition) is 4. The van der Waals surface area contributed by atoms with E-state index in [1.807, 2.05) is 37.4 Å². The van der Waals surface area contributed by atoms with Gasteiger partial charge in [0.25, 0.3) is 5.91 Å². The zero-order chi connectivity index (χ0) is 23.3. The van der Waals surface area contributed by atoms with E-state index >= 15 is 0 Å². The number of amides is 2. The van der Waals surface area contributed by atoms with Crippen LogP contribution in [0.25, 0.3) is 11.1 Å². The average molecular weight is 444 g/mol. The lowest BCUT2D eigenvalue weighted by Crippen LogP contribution is -2.54. The molecule has 7 heteroatoms. The van der Waals surface area contributed by atoms with Crippen LogP contribution in [0, 0.1) is 12.3 Å². The predicted octanol–water partition coefficient (Wildman–Crippen LogP) is 3.55. The molecule has 1 fully saturated rings. The first-order valence-electron chi connectivity index (χ1n) is 11.2. The van der Waals surface area contributed by atoms with Gasteiger partial charge in [0.05, 0.1) is 17.2 Å². The van der Waals surface area contributed by atoms with Gasteiger partial charge in [-0.2, -0.15) is 5.10 Å². The fourth-order valence-electron chi connectivity index (χ4n) is 4.65.